The van der Waals surface area contributed by atoms with Crippen LogP contribution in [0, 0.1) is 0 Å². The maximum absolute atomic E-state index is 9.49. The molecule has 0 aromatic heterocycles. The molecule has 14 heavy (non-hydrogen) atoms. The molecule has 0 saturated carbocycles. The van der Waals surface area contributed by atoms with Crippen LogP contribution in [-0.2, 0) is 0 Å². The van der Waals surface area contributed by atoms with E-state index in [0.29, 0.717) is 4.38 Å². The summed E-state index contributed by atoms with van der Waals surface area (Å²) < 4.78 is 0.567. The highest BCUT2D eigenvalue weighted by atomic mass is 32.2. The first-order valence-corrected chi connectivity index (χ1v) is 7.59. The predicted molar refractivity (Wildman–Crippen MR) is 71.1 cm³/mol. The summed E-state index contributed by atoms with van der Waals surface area (Å²) in [6.07, 6.45) is 7.51. The summed E-state index contributed by atoms with van der Waals surface area (Å²) in [6.45, 7) is 4.40. The van der Waals surface area contributed by atoms with Crippen molar-refractivity contribution in [3.8, 4) is 0 Å². The highest BCUT2D eigenvalue weighted by Gasteiger charge is 1.99. The Bertz CT molecular complexity index is 123. The van der Waals surface area contributed by atoms with Gasteiger partial charge in [-0.1, -0.05) is 63.1 Å². The van der Waals surface area contributed by atoms with Gasteiger partial charge in [0.2, 0.25) is 0 Å². The van der Waals surface area contributed by atoms with Crippen LogP contribution in [0.15, 0.2) is 0 Å². The fourth-order valence-electron chi connectivity index (χ4n) is 1.06. The van der Waals surface area contributed by atoms with Crippen LogP contribution in [0.3, 0.4) is 0 Å². The molecule has 0 fully saturated rings. The van der Waals surface area contributed by atoms with Gasteiger partial charge in [-0.15, -0.1) is 5.41 Å². The molecule has 0 amide bonds. The summed E-state index contributed by atoms with van der Waals surface area (Å²) in [5.74, 6) is 2.14. The molecule has 0 atom stereocenters. The summed E-state index contributed by atoms with van der Waals surface area (Å²) in [5, 5.41) is 9.49. The highest BCUT2D eigenvalue weighted by Crippen LogP contribution is 2.17. The molecule has 0 rings (SSSR count). The zero-order chi connectivity index (χ0) is 10.6. The number of hydrogen-bond acceptors (Lipinski definition) is 2. The van der Waals surface area contributed by atoms with Crippen molar-refractivity contribution in [2.75, 3.05) is 11.5 Å². The van der Waals surface area contributed by atoms with Crippen molar-refractivity contribution in [3.05, 3.63) is 0 Å². The molecular formula is C11H22NS2. The van der Waals surface area contributed by atoms with Gasteiger partial charge in [0.15, 0.2) is 4.38 Å². The van der Waals surface area contributed by atoms with Crippen molar-refractivity contribution in [1.82, 2.24) is 5.41 Å². The Morgan fingerprint density at radius 2 is 1.29 bits per heavy atom. The van der Waals surface area contributed by atoms with Crippen molar-refractivity contribution in [3.63, 3.8) is 0 Å². The van der Waals surface area contributed by atoms with Gasteiger partial charge in [0.25, 0.3) is 0 Å². The van der Waals surface area contributed by atoms with Gasteiger partial charge in [-0.3, -0.25) is 0 Å². The molecule has 0 saturated heterocycles. The van der Waals surface area contributed by atoms with Gasteiger partial charge in [-0.25, -0.2) is 0 Å². The van der Waals surface area contributed by atoms with Crippen LogP contribution >= 0.6 is 23.5 Å². The van der Waals surface area contributed by atoms with E-state index in [1.165, 1.54) is 38.5 Å². The summed E-state index contributed by atoms with van der Waals surface area (Å²) >= 11 is 3.22. The Kier molecular flexibility index (Phi) is 11.7. The van der Waals surface area contributed by atoms with Crippen molar-refractivity contribution >= 4 is 27.9 Å². The van der Waals surface area contributed by atoms with E-state index in [1.54, 1.807) is 23.5 Å². The van der Waals surface area contributed by atoms with Crippen LogP contribution in [0.4, 0.5) is 0 Å². The van der Waals surface area contributed by atoms with E-state index in [-0.39, 0.29) is 0 Å². The number of hydrogen-bond donors (Lipinski definition) is 0. The lowest BCUT2D eigenvalue weighted by Crippen LogP contribution is -1.92. The summed E-state index contributed by atoms with van der Waals surface area (Å²) in [6, 6.07) is 0. The third-order valence-corrected chi connectivity index (χ3v) is 4.13. The zero-order valence-corrected chi connectivity index (χ0v) is 11.1. The largest absolute Gasteiger partial charge is 0.152 e. The first-order valence-electron chi connectivity index (χ1n) is 5.62. The number of nitrogens with zero attached hydrogens (tertiary/aromatic N) is 1. The second-order valence-corrected chi connectivity index (χ2v) is 5.80. The first-order chi connectivity index (χ1) is 6.81. The molecule has 0 aromatic carbocycles. The van der Waals surface area contributed by atoms with Crippen molar-refractivity contribution in [2.24, 2.45) is 0 Å². The van der Waals surface area contributed by atoms with Gasteiger partial charge in [-0.2, -0.15) is 0 Å². The lowest BCUT2D eigenvalue weighted by atomic mass is 10.3. The third kappa shape index (κ3) is 10.5. The van der Waals surface area contributed by atoms with Gasteiger partial charge in [-0.05, 0) is 12.8 Å². The van der Waals surface area contributed by atoms with E-state index < -0.39 is 0 Å². The van der Waals surface area contributed by atoms with Crippen molar-refractivity contribution in [2.45, 2.75) is 52.4 Å². The van der Waals surface area contributed by atoms with Crippen molar-refractivity contribution < 1.29 is 0 Å². The highest BCUT2D eigenvalue weighted by molar-refractivity contribution is 8.38. The van der Waals surface area contributed by atoms with Crippen LogP contribution < -0.4 is 5.41 Å². The molecule has 0 unspecified atom stereocenters. The monoisotopic (exact) mass is 232 g/mol. The smallest absolute Gasteiger partial charge is 0.135 e. The Balaban J connectivity index is 3.11. The molecule has 0 heterocycles. The molecule has 0 N–H and O–H groups in total. The summed E-state index contributed by atoms with van der Waals surface area (Å²) in [7, 11) is 0. The minimum Gasteiger partial charge on any atom is -0.135 e. The van der Waals surface area contributed by atoms with Gasteiger partial charge < -0.3 is 0 Å². The van der Waals surface area contributed by atoms with Crippen LogP contribution in [-0.4, -0.2) is 15.9 Å². The minimum absolute atomic E-state index is 0.567. The maximum atomic E-state index is 9.49. The minimum atomic E-state index is 0.567. The topological polar surface area (TPSA) is 22.3 Å². The molecule has 0 aliphatic rings. The average molecular weight is 232 g/mol. The van der Waals surface area contributed by atoms with E-state index in [9.17, 15) is 5.41 Å². The Morgan fingerprint density at radius 1 is 0.857 bits per heavy atom. The van der Waals surface area contributed by atoms with E-state index in [0.717, 1.165) is 11.5 Å². The van der Waals surface area contributed by atoms with Crippen molar-refractivity contribution in [1.29, 1.82) is 0 Å². The standard InChI is InChI=1S/C11H22NS2/c1-3-5-7-9-13-11(12)14-10-8-6-4-2/h3-10H2,1-2H3. The van der Waals surface area contributed by atoms with Gasteiger partial charge in [0.1, 0.15) is 0 Å². The average Bonchev–Trinajstić information content (AvgIpc) is 2.19. The molecule has 83 valence electrons. The number of unbranched alkanes of at least 4 members (excludes halogenated alkanes) is 4. The Labute approximate surface area is 97.3 Å². The molecule has 1 radical (unpaired) electrons. The summed E-state index contributed by atoms with van der Waals surface area (Å²) in [5.41, 5.74) is 0. The zero-order valence-electron chi connectivity index (χ0n) is 9.42. The molecule has 0 bridgehead atoms. The predicted octanol–water partition coefficient (Wildman–Crippen LogP) is 3.99. The van der Waals surface area contributed by atoms with Crippen LogP contribution in [0.25, 0.3) is 0 Å². The van der Waals surface area contributed by atoms with Gasteiger partial charge in [0.05, 0.1) is 0 Å². The molecular weight excluding hydrogens is 210 g/mol. The lowest BCUT2D eigenvalue weighted by molar-refractivity contribution is 0.779. The number of thioether (sulfide) groups is 2. The first kappa shape index (κ1) is 14.4. The molecule has 0 spiro atoms. The van der Waals surface area contributed by atoms with E-state index in [2.05, 4.69) is 13.8 Å². The molecule has 0 aromatic rings. The second kappa shape index (κ2) is 11.4. The number of rotatable bonds is 8. The fraction of sp³-hybridized carbons (Fsp3) is 0.909. The molecule has 1 nitrogen and oxygen atoms in total. The molecule has 0 aliphatic heterocycles. The molecule has 0 aliphatic carbocycles. The Hall–Kier alpha value is 0.370. The van der Waals surface area contributed by atoms with E-state index in [1.807, 2.05) is 0 Å². The second-order valence-electron chi connectivity index (χ2n) is 3.38. The quantitative estimate of drug-likeness (QED) is 0.359. The van der Waals surface area contributed by atoms with Gasteiger partial charge in [0, 0.05) is 11.5 Å². The van der Waals surface area contributed by atoms with Crippen LogP contribution in [0.1, 0.15) is 52.4 Å². The normalized spacial score (nSPS) is 10.4. The maximum Gasteiger partial charge on any atom is 0.152 e. The van der Waals surface area contributed by atoms with E-state index in [4.69, 9.17) is 0 Å². The molecule has 3 heteroatoms. The SMILES string of the molecule is CCCCCSC(=[N])SCCCCC. The van der Waals surface area contributed by atoms with Crippen LogP contribution in [0.5, 0.6) is 0 Å². The summed E-state index contributed by atoms with van der Waals surface area (Å²) in [4.78, 5) is 0. The lowest BCUT2D eigenvalue weighted by Gasteiger charge is -2.01. The van der Waals surface area contributed by atoms with E-state index >= 15 is 0 Å². The Morgan fingerprint density at radius 3 is 1.64 bits per heavy atom. The van der Waals surface area contributed by atoms with Gasteiger partial charge >= 0.3 is 0 Å². The third-order valence-electron chi connectivity index (χ3n) is 1.95. The fourth-order valence-corrected chi connectivity index (χ4v) is 2.94. The van der Waals surface area contributed by atoms with Crippen LogP contribution in [0.2, 0.25) is 0 Å².